The zero-order valence-corrected chi connectivity index (χ0v) is 12.3. The predicted molar refractivity (Wildman–Crippen MR) is 71.4 cm³/mol. The first-order chi connectivity index (χ1) is 8.41. The van der Waals surface area contributed by atoms with Crippen molar-refractivity contribution in [1.82, 2.24) is 5.32 Å². The van der Waals surface area contributed by atoms with Gasteiger partial charge in [-0.15, -0.1) is 0 Å². The summed E-state index contributed by atoms with van der Waals surface area (Å²) in [4.78, 5) is 11.7. The second-order valence-electron chi connectivity index (χ2n) is 5.75. The molecule has 0 aromatic heterocycles. The van der Waals surface area contributed by atoms with Crippen molar-refractivity contribution in [2.75, 3.05) is 13.7 Å². The highest BCUT2D eigenvalue weighted by atomic mass is 16.5. The number of carbonyl (C=O) groups is 1. The van der Waals surface area contributed by atoms with Crippen LogP contribution in [0.5, 0.6) is 0 Å². The third kappa shape index (κ3) is 3.95. The van der Waals surface area contributed by atoms with Crippen molar-refractivity contribution >= 4 is 5.97 Å². The minimum absolute atomic E-state index is 0.0619. The zero-order valence-electron chi connectivity index (χ0n) is 12.3. The first-order valence-corrected chi connectivity index (χ1v) is 6.89. The number of hydrogen-bond donors (Lipinski definition) is 1. The quantitative estimate of drug-likeness (QED) is 0.766. The summed E-state index contributed by atoms with van der Waals surface area (Å²) < 4.78 is 10.7. The maximum atomic E-state index is 11.7. The molecule has 1 aliphatic heterocycles. The molecule has 1 fully saturated rings. The van der Waals surface area contributed by atoms with Crippen LogP contribution in [0.4, 0.5) is 0 Å². The lowest BCUT2D eigenvalue weighted by molar-refractivity contribution is -0.145. The number of methoxy groups -OCH3 is 1. The van der Waals surface area contributed by atoms with Crippen LogP contribution in [0.3, 0.4) is 0 Å². The third-order valence-electron chi connectivity index (χ3n) is 3.88. The Balaban J connectivity index is 2.61. The number of hydrogen-bond acceptors (Lipinski definition) is 4. The summed E-state index contributed by atoms with van der Waals surface area (Å²) in [5.41, 5.74) is -0.0619. The highest BCUT2D eigenvalue weighted by Crippen LogP contribution is 2.28. The van der Waals surface area contributed by atoms with Gasteiger partial charge < -0.3 is 14.8 Å². The van der Waals surface area contributed by atoms with Crippen LogP contribution < -0.4 is 5.32 Å². The van der Waals surface area contributed by atoms with E-state index in [-0.39, 0.29) is 23.5 Å². The first kappa shape index (κ1) is 15.4. The van der Waals surface area contributed by atoms with Gasteiger partial charge in [0.05, 0.1) is 12.7 Å². The van der Waals surface area contributed by atoms with Crippen molar-refractivity contribution in [3.05, 3.63) is 0 Å². The largest absolute Gasteiger partial charge is 0.468 e. The molecular formula is C14H27NO3. The Morgan fingerprint density at radius 2 is 2.22 bits per heavy atom. The van der Waals surface area contributed by atoms with Crippen molar-refractivity contribution < 1.29 is 14.3 Å². The normalized spacial score (nSPS) is 30.2. The van der Waals surface area contributed by atoms with Crippen molar-refractivity contribution in [3.63, 3.8) is 0 Å². The van der Waals surface area contributed by atoms with E-state index in [2.05, 4.69) is 19.2 Å². The predicted octanol–water partition coefficient (Wildman–Crippen LogP) is 2.12. The lowest BCUT2D eigenvalue weighted by Crippen LogP contribution is -2.52. The van der Waals surface area contributed by atoms with Crippen molar-refractivity contribution in [1.29, 1.82) is 0 Å². The van der Waals surface area contributed by atoms with E-state index in [1.165, 1.54) is 7.11 Å². The van der Waals surface area contributed by atoms with Crippen LogP contribution in [0.15, 0.2) is 0 Å². The summed E-state index contributed by atoms with van der Waals surface area (Å²) in [6, 6.07) is 0.106. The Labute approximate surface area is 110 Å². The first-order valence-electron chi connectivity index (χ1n) is 6.89. The van der Waals surface area contributed by atoms with Gasteiger partial charge in [-0.25, -0.2) is 0 Å². The van der Waals surface area contributed by atoms with Gasteiger partial charge in [-0.1, -0.05) is 20.8 Å². The van der Waals surface area contributed by atoms with Crippen LogP contribution >= 0.6 is 0 Å². The number of carbonyl (C=O) groups excluding carboxylic acids is 1. The smallest absolute Gasteiger partial charge is 0.323 e. The fourth-order valence-electron chi connectivity index (χ4n) is 2.43. The molecule has 1 saturated heterocycles. The van der Waals surface area contributed by atoms with Gasteiger partial charge in [0.1, 0.15) is 6.04 Å². The van der Waals surface area contributed by atoms with E-state index >= 15 is 0 Å². The molecule has 4 heteroatoms. The fourth-order valence-corrected chi connectivity index (χ4v) is 2.43. The van der Waals surface area contributed by atoms with E-state index in [1.54, 1.807) is 0 Å². The number of rotatable bonds is 5. The molecule has 106 valence electrons. The molecule has 1 rings (SSSR count). The maximum absolute atomic E-state index is 11.7. The van der Waals surface area contributed by atoms with E-state index in [4.69, 9.17) is 9.47 Å². The molecule has 4 nitrogen and oxygen atoms in total. The molecule has 0 aromatic carbocycles. The Morgan fingerprint density at radius 1 is 1.56 bits per heavy atom. The van der Waals surface area contributed by atoms with Gasteiger partial charge >= 0.3 is 5.97 Å². The van der Waals surface area contributed by atoms with Crippen molar-refractivity contribution in [2.24, 2.45) is 5.92 Å². The highest BCUT2D eigenvalue weighted by molar-refractivity contribution is 5.75. The lowest BCUT2D eigenvalue weighted by atomic mass is 9.89. The molecule has 1 heterocycles. The Bertz CT molecular complexity index is 280. The van der Waals surface area contributed by atoms with Gasteiger partial charge in [0.25, 0.3) is 0 Å². The summed E-state index contributed by atoms with van der Waals surface area (Å²) >= 11 is 0. The molecule has 18 heavy (non-hydrogen) atoms. The molecule has 1 aliphatic rings. The SMILES string of the molecule is CCC1(C)CC(NC(C(=O)OC)C(C)C)CCO1. The Hall–Kier alpha value is -0.610. The molecule has 0 bridgehead atoms. The second-order valence-corrected chi connectivity index (χ2v) is 5.75. The molecule has 0 aromatic rings. The maximum Gasteiger partial charge on any atom is 0.323 e. The summed E-state index contributed by atoms with van der Waals surface area (Å²) in [7, 11) is 1.44. The number of ether oxygens (including phenoxy) is 2. The van der Waals surface area contributed by atoms with Gasteiger partial charge in [0.15, 0.2) is 0 Å². The highest BCUT2D eigenvalue weighted by Gasteiger charge is 2.34. The summed E-state index contributed by atoms with van der Waals surface area (Å²) in [6.45, 7) is 9.11. The van der Waals surface area contributed by atoms with E-state index < -0.39 is 0 Å². The molecule has 0 spiro atoms. The van der Waals surface area contributed by atoms with Crippen LogP contribution in [0, 0.1) is 5.92 Å². The Kier molecular flexibility index (Phi) is 5.60. The average molecular weight is 257 g/mol. The van der Waals surface area contributed by atoms with Gasteiger partial charge in [0, 0.05) is 12.6 Å². The number of nitrogens with one attached hydrogen (secondary N) is 1. The molecule has 0 aliphatic carbocycles. The Morgan fingerprint density at radius 3 is 2.72 bits per heavy atom. The molecule has 0 amide bonds. The fraction of sp³-hybridized carbons (Fsp3) is 0.929. The summed E-state index contributed by atoms with van der Waals surface area (Å²) in [5.74, 6) is 0.0582. The van der Waals surface area contributed by atoms with E-state index in [0.717, 1.165) is 25.9 Å². The molecule has 0 radical (unpaired) electrons. The van der Waals surface area contributed by atoms with Crippen molar-refractivity contribution in [2.45, 2.75) is 64.6 Å². The molecule has 3 unspecified atom stereocenters. The van der Waals surface area contributed by atoms with Crippen LogP contribution in [-0.2, 0) is 14.3 Å². The van der Waals surface area contributed by atoms with Gasteiger partial charge in [0.2, 0.25) is 0 Å². The number of esters is 1. The molecular weight excluding hydrogens is 230 g/mol. The lowest BCUT2D eigenvalue weighted by Gasteiger charge is -2.39. The summed E-state index contributed by atoms with van der Waals surface area (Å²) in [6.07, 6.45) is 2.90. The molecule has 1 N–H and O–H groups in total. The zero-order chi connectivity index (χ0) is 13.8. The standard InChI is InChI=1S/C14H27NO3/c1-6-14(4)9-11(7-8-18-14)15-12(10(2)3)13(16)17-5/h10-12,15H,6-9H2,1-5H3. The molecule has 0 saturated carbocycles. The minimum Gasteiger partial charge on any atom is -0.468 e. The van der Waals surface area contributed by atoms with E-state index in [1.807, 2.05) is 13.8 Å². The van der Waals surface area contributed by atoms with Crippen LogP contribution in [-0.4, -0.2) is 37.4 Å². The van der Waals surface area contributed by atoms with E-state index in [0.29, 0.717) is 6.04 Å². The minimum atomic E-state index is -0.223. The van der Waals surface area contributed by atoms with Gasteiger partial charge in [-0.2, -0.15) is 0 Å². The topological polar surface area (TPSA) is 47.6 Å². The summed E-state index contributed by atoms with van der Waals surface area (Å²) in [5, 5.41) is 3.44. The van der Waals surface area contributed by atoms with Crippen LogP contribution in [0.2, 0.25) is 0 Å². The van der Waals surface area contributed by atoms with E-state index in [9.17, 15) is 4.79 Å². The van der Waals surface area contributed by atoms with Crippen LogP contribution in [0.1, 0.15) is 47.0 Å². The second kappa shape index (κ2) is 6.53. The molecule has 3 atom stereocenters. The van der Waals surface area contributed by atoms with Crippen molar-refractivity contribution in [3.8, 4) is 0 Å². The monoisotopic (exact) mass is 257 g/mol. The third-order valence-corrected chi connectivity index (χ3v) is 3.88. The van der Waals surface area contributed by atoms with Crippen LogP contribution in [0.25, 0.3) is 0 Å². The van der Waals surface area contributed by atoms with Gasteiger partial charge in [-0.3, -0.25) is 4.79 Å². The average Bonchev–Trinajstić information content (AvgIpc) is 2.35. The van der Waals surface area contributed by atoms with Gasteiger partial charge in [-0.05, 0) is 32.1 Å².